The van der Waals surface area contributed by atoms with Gasteiger partial charge in [0.15, 0.2) is 0 Å². The van der Waals surface area contributed by atoms with Crippen molar-refractivity contribution in [1.82, 2.24) is 4.90 Å². The lowest BCUT2D eigenvalue weighted by Gasteiger charge is -2.26. The van der Waals surface area contributed by atoms with Gasteiger partial charge in [0.25, 0.3) is 5.91 Å². The van der Waals surface area contributed by atoms with Gasteiger partial charge in [0.05, 0.1) is 0 Å². The normalized spacial score (nSPS) is 15.0. The van der Waals surface area contributed by atoms with Crippen LogP contribution in [0.4, 0.5) is 0 Å². The molecule has 0 N–H and O–H groups in total. The largest absolute Gasteiger partial charge is 0.339 e. The van der Waals surface area contributed by atoms with Crippen LogP contribution in [0, 0.1) is 0 Å². The lowest BCUT2D eigenvalue weighted by atomic mass is 10.0. The topological polar surface area (TPSA) is 20.3 Å². The molecule has 1 heterocycles. The van der Waals surface area contributed by atoms with E-state index < -0.39 is 0 Å². The molecule has 0 atom stereocenters. The first kappa shape index (κ1) is 13.9. The van der Waals surface area contributed by atoms with E-state index >= 15 is 0 Å². The van der Waals surface area contributed by atoms with Crippen molar-refractivity contribution < 1.29 is 4.79 Å². The number of benzene rings is 2. The Morgan fingerprint density at radius 2 is 1.43 bits per heavy atom. The predicted octanol–water partition coefficient (Wildman–Crippen LogP) is 3.90. The summed E-state index contributed by atoms with van der Waals surface area (Å²) in [6, 6.07) is 18.5. The fourth-order valence-electron chi connectivity index (χ4n) is 2.88. The van der Waals surface area contributed by atoms with Gasteiger partial charge in [-0.15, -0.1) is 0 Å². The summed E-state index contributed by atoms with van der Waals surface area (Å²) in [6.07, 6.45) is 4.44. The molecule has 1 aliphatic rings. The van der Waals surface area contributed by atoms with Gasteiger partial charge in [-0.1, -0.05) is 42.5 Å². The molecule has 0 aliphatic carbocycles. The molecule has 1 amide bonds. The zero-order chi connectivity index (χ0) is 14.5. The van der Waals surface area contributed by atoms with Crippen molar-refractivity contribution in [3.63, 3.8) is 0 Å². The third-order valence-electron chi connectivity index (χ3n) is 4.10. The van der Waals surface area contributed by atoms with Crippen LogP contribution in [-0.2, 0) is 6.42 Å². The number of amides is 1. The van der Waals surface area contributed by atoms with E-state index in [4.69, 9.17) is 0 Å². The lowest BCUT2D eigenvalue weighted by Crippen LogP contribution is -2.35. The molecule has 108 valence electrons. The fraction of sp³-hybridized carbons (Fsp3) is 0.316. The molecular formula is C19H21NO. The molecular weight excluding hydrogens is 258 g/mol. The lowest BCUT2D eigenvalue weighted by molar-refractivity contribution is 0.0724. The van der Waals surface area contributed by atoms with E-state index in [2.05, 4.69) is 36.4 Å². The minimum absolute atomic E-state index is 0.181. The van der Waals surface area contributed by atoms with Gasteiger partial charge < -0.3 is 4.90 Å². The molecule has 0 saturated carbocycles. The van der Waals surface area contributed by atoms with Crippen LogP contribution in [0.1, 0.15) is 40.7 Å². The Morgan fingerprint density at radius 3 is 2.10 bits per heavy atom. The van der Waals surface area contributed by atoms with E-state index in [9.17, 15) is 4.79 Å². The molecule has 0 spiro atoms. The van der Waals surface area contributed by atoms with Gasteiger partial charge in [-0.05, 0) is 48.9 Å². The van der Waals surface area contributed by atoms with Crippen LogP contribution in [0.2, 0.25) is 0 Å². The van der Waals surface area contributed by atoms with E-state index in [0.29, 0.717) is 0 Å². The molecule has 2 heteroatoms. The van der Waals surface area contributed by atoms with Crippen LogP contribution in [0.15, 0.2) is 54.6 Å². The minimum Gasteiger partial charge on any atom is -0.339 e. The summed E-state index contributed by atoms with van der Waals surface area (Å²) in [5, 5.41) is 0. The van der Waals surface area contributed by atoms with Crippen molar-refractivity contribution in [3.05, 3.63) is 71.3 Å². The molecule has 1 fully saturated rings. The zero-order valence-electron chi connectivity index (χ0n) is 12.3. The molecule has 2 aromatic rings. The quantitative estimate of drug-likeness (QED) is 0.834. The van der Waals surface area contributed by atoms with Gasteiger partial charge in [0, 0.05) is 18.7 Å². The number of likely N-dealkylation sites (tertiary alicyclic amines) is 1. The second kappa shape index (κ2) is 6.57. The Balaban J connectivity index is 1.67. The van der Waals surface area contributed by atoms with Crippen LogP contribution in [0.5, 0.6) is 0 Å². The molecule has 0 bridgehead atoms. The number of carbonyl (C=O) groups is 1. The van der Waals surface area contributed by atoms with Crippen LogP contribution in [0.25, 0.3) is 0 Å². The average molecular weight is 279 g/mol. The van der Waals surface area contributed by atoms with Gasteiger partial charge in [0.2, 0.25) is 0 Å². The standard InChI is InChI=1S/C19H21NO/c21-19(20-13-5-2-6-14-20)18-11-9-17(10-12-18)15-16-7-3-1-4-8-16/h1,3-4,7-12H,2,5-6,13-15H2. The first-order valence-electron chi connectivity index (χ1n) is 7.75. The monoisotopic (exact) mass is 279 g/mol. The van der Waals surface area contributed by atoms with Gasteiger partial charge in [0.1, 0.15) is 0 Å². The summed E-state index contributed by atoms with van der Waals surface area (Å²) < 4.78 is 0. The summed E-state index contributed by atoms with van der Waals surface area (Å²) >= 11 is 0. The minimum atomic E-state index is 0.181. The van der Waals surface area contributed by atoms with Crippen molar-refractivity contribution in [3.8, 4) is 0 Å². The maximum absolute atomic E-state index is 12.4. The smallest absolute Gasteiger partial charge is 0.253 e. The Morgan fingerprint density at radius 1 is 0.810 bits per heavy atom. The number of piperidine rings is 1. The fourth-order valence-corrected chi connectivity index (χ4v) is 2.88. The van der Waals surface area contributed by atoms with E-state index in [1.807, 2.05) is 23.1 Å². The number of rotatable bonds is 3. The third kappa shape index (κ3) is 3.52. The summed E-state index contributed by atoms with van der Waals surface area (Å²) in [4.78, 5) is 14.4. The molecule has 2 nitrogen and oxygen atoms in total. The summed E-state index contributed by atoms with van der Waals surface area (Å²) in [5.41, 5.74) is 3.36. The van der Waals surface area contributed by atoms with Gasteiger partial charge in [-0.3, -0.25) is 4.79 Å². The summed E-state index contributed by atoms with van der Waals surface area (Å²) in [7, 11) is 0. The second-order valence-corrected chi connectivity index (χ2v) is 5.71. The van der Waals surface area contributed by atoms with Crippen molar-refractivity contribution in [1.29, 1.82) is 0 Å². The maximum atomic E-state index is 12.4. The summed E-state index contributed by atoms with van der Waals surface area (Å²) in [6.45, 7) is 1.81. The Bertz CT molecular complexity index is 583. The molecule has 0 radical (unpaired) electrons. The molecule has 1 saturated heterocycles. The number of carbonyl (C=O) groups excluding carboxylic acids is 1. The van der Waals surface area contributed by atoms with E-state index in [0.717, 1.165) is 37.9 Å². The molecule has 3 rings (SSSR count). The third-order valence-corrected chi connectivity index (χ3v) is 4.10. The number of hydrogen-bond acceptors (Lipinski definition) is 1. The molecule has 1 aliphatic heterocycles. The molecule has 0 unspecified atom stereocenters. The maximum Gasteiger partial charge on any atom is 0.253 e. The van der Waals surface area contributed by atoms with Crippen LogP contribution < -0.4 is 0 Å². The zero-order valence-corrected chi connectivity index (χ0v) is 12.3. The molecule has 0 aromatic heterocycles. The Kier molecular flexibility index (Phi) is 4.34. The van der Waals surface area contributed by atoms with Gasteiger partial charge in [-0.25, -0.2) is 0 Å². The first-order chi connectivity index (χ1) is 10.3. The van der Waals surface area contributed by atoms with Crippen LogP contribution in [-0.4, -0.2) is 23.9 Å². The van der Waals surface area contributed by atoms with Crippen molar-refractivity contribution in [2.75, 3.05) is 13.1 Å². The van der Waals surface area contributed by atoms with Gasteiger partial charge >= 0.3 is 0 Å². The number of nitrogens with zero attached hydrogens (tertiary/aromatic N) is 1. The highest BCUT2D eigenvalue weighted by Gasteiger charge is 2.17. The highest BCUT2D eigenvalue weighted by molar-refractivity contribution is 5.94. The predicted molar refractivity (Wildman–Crippen MR) is 85.4 cm³/mol. The summed E-state index contributed by atoms with van der Waals surface area (Å²) in [5.74, 6) is 0.181. The van der Waals surface area contributed by atoms with Crippen LogP contribution in [0.3, 0.4) is 0 Å². The Labute approximate surface area is 126 Å². The van der Waals surface area contributed by atoms with Crippen molar-refractivity contribution in [2.24, 2.45) is 0 Å². The van der Waals surface area contributed by atoms with Gasteiger partial charge in [-0.2, -0.15) is 0 Å². The van der Waals surface area contributed by atoms with E-state index in [1.165, 1.54) is 17.5 Å². The van der Waals surface area contributed by atoms with E-state index in [1.54, 1.807) is 0 Å². The van der Waals surface area contributed by atoms with Crippen LogP contribution >= 0.6 is 0 Å². The Hall–Kier alpha value is -2.09. The average Bonchev–Trinajstić information content (AvgIpc) is 2.57. The number of hydrogen-bond donors (Lipinski definition) is 0. The second-order valence-electron chi connectivity index (χ2n) is 5.71. The van der Waals surface area contributed by atoms with Crippen molar-refractivity contribution in [2.45, 2.75) is 25.7 Å². The molecule has 2 aromatic carbocycles. The molecule has 21 heavy (non-hydrogen) atoms. The highest BCUT2D eigenvalue weighted by atomic mass is 16.2. The highest BCUT2D eigenvalue weighted by Crippen LogP contribution is 2.15. The first-order valence-corrected chi connectivity index (χ1v) is 7.75. The SMILES string of the molecule is O=C(c1ccc(Cc2ccccc2)cc1)N1CCCCC1. The van der Waals surface area contributed by atoms with E-state index in [-0.39, 0.29) is 5.91 Å². The van der Waals surface area contributed by atoms with Crippen molar-refractivity contribution >= 4 is 5.91 Å².